The molecule has 0 aliphatic carbocycles. The molecule has 0 saturated carbocycles. The van der Waals surface area contributed by atoms with Crippen molar-refractivity contribution in [3.8, 4) is 78.1 Å². The molecular weight excluding hydrogens is 1100 g/mol. The third kappa shape index (κ3) is 11.3. The lowest BCUT2D eigenvalue weighted by atomic mass is 9.33. The summed E-state index contributed by atoms with van der Waals surface area (Å²) in [5.74, 6) is 0. The van der Waals surface area contributed by atoms with Crippen LogP contribution in [0.3, 0.4) is 0 Å². The van der Waals surface area contributed by atoms with Crippen molar-refractivity contribution >= 4 is 57.2 Å². The maximum atomic E-state index is 5.67. The number of fused-ring (bicyclic) bond motifs is 4. The SMILES string of the molecule is CC(C)(C)c1ccc(-c2ccc(N3c4ccc(-c5ccc(C(C)(C)C)cc5)cc4B4c5cc(-c6ccc(C(C)(C)C)cc6)ccc5N(c5ccc(-c6ccc(C(C)(C)C)cc6)cc5)c5cc(-c6cc(-c7ccccc7)cc(-c7ccccc7)n6)cc3c54)cc2)cc1. The molecule has 0 atom stereocenters. The Labute approximate surface area is 540 Å². The second-order valence-corrected chi connectivity index (χ2v) is 29.3. The standard InChI is InChI=1S/C87H80BN3/c1-84(2,3)69-37-23-58(24-38-69)60-31-45-73(46-32-60)90-79-49-35-65(62-27-41-71(42-28-62)86(7,8)9)51-75(79)88-76-52-66(63-29-43-72(44-30-63)87(10,11)12)36-50-80(76)91(74-47-33-61(34-48-74)59-25-39-70(40-26-59)85(4,5)6)82-56-68(55-81(90)83(82)88)78-54-67(57-19-15-13-16-20-57)53-77(89-78)64-21-17-14-18-22-64/h13-56H,1-12H3. The van der Waals surface area contributed by atoms with Crippen LogP contribution in [0.2, 0.25) is 0 Å². The van der Waals surface area contributed by atoms with Crippen LogP contribution in [0.5, 0.6) is 0 Å². The number of pyridine rings is 1. The number of aromatic nitrogens is 1. The fraction of sp³-hybridized carbons (Fsp3) is 0.184. The highest BCUT2D eigenvalue weighted by Gasteiger charge is 2.44. The van der Waals surface area contributed by atoms with Crippen molar-refractivity contribution in [1.29, 1.82) is 0 Å². The molecule has 0 bridgehead atoms. The molecule has 3 nitrogen and oxygen atoms in total. The maximum absolute atomic E-state index is 5.67. The number of hydrogen-bond donors (Lipinski definition) is 0. The Morgan fingerprint density at radius 3 is 0.868 bits per heavy atom. The second-order valence-electron chi connectivity index (χ2n) is 29.3. The van der Waals surface area contributed by atoms with Gasteiger partial charge in [-0.3, -0.25) is 0 Å². The zero-order valence-corrected chi connectivity index (χ0v) is 54.8. The smallest absolute Gasteiger partial charge is 0.252 e. The van der Waals surface area contributed by atoms with Crippen molar-refractivity contribution in [2.24, 2.45) is 0 Å². The summed E-state index contributed by atoms with van der Waals surface area (Å²) in [6.07, 6.45) is 0. The summed E-state index contributed by atoms with van der Waals surface area (Å²) < 4.78 is 0. The molecule has 1 aromatic heterocycles. The van der Waals surface area contributed by atoms with Gasteiger partial charge in [0, 0.05) is 45.3 Å². The monoisotopic (exact) mass is 1180 g/mol. The average Bonchev–Trinajstić information content (AvgIpc) is 0.697. The van der Waals surface area contributed by atoms with Gasteiger partial charge >= 0.3 is 0 Å². The molecular formula is C87H80BN3. The zero-order valence-electron chi connectivity index (χ0n) is 54.8. The first kappa shape index (κ1) is 58.9. The molecule has 4 heteroatoms. The molecule has 2 aliphatic rings. The minimum atomic E-state index is -0.163. The lowest BCUT2D eigenvalue weighted by Crippen LogP contribution is -2.61. The molecule has 0 unspecified atom stereocenters. The number of nitrogens with zero attached hydrogens (tertiary/aromatic N) is 3. The second kappa shape index (κ2) is 22.6. The summed E-state index contributed by atoms with van der Waals surface area (Å²) in [7, 11) is 0. The van der Waals surface area contributed by atoms with E-state index in [1.807, 2.05) is 0 Å². The molecule has 0 fully saturated rings. The van der Waals surface area contributed by atoms with E-state index in [9.17, 15) is 0 Å². The summed E-state index contributed by atoms with van der Waals surface area (Å²) in [5.41, 5.74) is 31.6. The predicted octanol–water partition coefficient (Wildman–Crippen LogP) is 22.0. The van der Waals surface area contributed by atoms with E-state index in [4.69, 9.17) is 4.98 Å². The largest absolute Gasteiger partial charge is 0.311 e. The van der Waals surface area contributed by atoms with E-state index in [1.54, 1.807) is 0 Å². The van der Waals surface area contributed by atoms with Crippen molar-refractivity contribution < 1.29 is 0 Å². The van der Waals surface area contributed by atoms with Gasteiger partial charge in [-0.1, -0.05) is 289 Å². The van der Waals surface area contributed by atoms with Gasteiger partial charge in [-0.2, -0.15) is 0 Å². The van der Waals surface area contributed by atoms with Gasteiger partial charge in [-0.05, 0) is 177 Å². The number of benzene rings is 11. The van der Waals surface area contributed by atoms with E-state index in [2.05, 4.69) is 360 Å². The van der Waals surface area contributed by atoms with Gasteiger partial charge in [0.25, 0.3) is 6.71 Å². The van der Waals surface area contributed by atoms with Crippen molar-refractivity contribution in [2.75, 3.05) is 9.80 Å². The van der Waals surface area contributed by atoms with E-state index in [0.29, 0.717) is 0 Å². The summed E-state index contributed by atoms with van der Waals surface area (Å²) in [6.45, 7) is 27.3. The van der Waals surface area contributed by atoms with Crippen molar-refractivity contribution in [3.05, 3.63) is 289 Å². The van der Waals surface area contributed by atoms with Gasteiger partial charge in [0.2, 0.25) is 0 Å². The normalized spacial score (nSPS) is 13.0. The van der Waals surface area contributed by atoms with Gasteiger partial charge in [0.1, 0.15) is 0 Å². The van der Waals surface area contributed by atoms with Crippen LogP contribution in [0.1, 0.15) is 105 Å². The Balaban J connectivity index is 1.05. The van der Waals surface area contributed by atoms with Gasteiger partial charge < -0.3 is 9.80 Å². The molecule has 12 aromatic rings. The van der Waals surface area contributed by atoms with E-state index in [0.717, 1.165) is 67.8 Å². The Morgan fingerprint density at radius 1 is 0.242 bits per heavy atom. The molecule has 0 saturated heterocycles. The zero-order chi connectivity index (χ0) is 63.1. The molecule has 3 heterocycles. The van der Waals surface area contributed by atoms with Crippen molar-refractivity contribution in [1.82, 2.24) is 4.98 Å². The van der Waals surface area contributed by atoms with E-state index in [-0.39, 0.29) is 28.4 Å². The summed E-state index contributed by atoms with van der Waals surface area (Å²) in [5, 5.41) is 0. The molecule has 11 aromatic carbocycles. The van der Waals surface area contributed by atoms with Crippen LogP contribution in [0.25, 0.3) is 78.1 Å². The van der Waals surface area contributed by atoms with Crippen molar-refractivity contribution in [2.45, 2.75) is 105 Å². The fourth-order valence-corrected chi connectivity index (χ4v) is 13.6. The average molecular weight is 1180 g/mol. The third-order valence-corrected chi connectivity index (χ3v) is 19.0. The summed E-state index contributed by atoms with van der Waals surface area (Å²) in [4.78, 5) is 10.8. The maximum Gasteiger partial charge on any atom is 0.252 e. The van der Waals surface area contributed by atoms with E-state index < -0.39 is 0 Å². The first-order chi connectivity index (χ1) is 43.6. The van der Waals surface area contributed by atoms with E-state index in [1.165, 1.54) is 83.1 Å². The molecule has 0 radical (unpaired) electrons. The minimum Gasteiger partial charge on any atom is -0.311 e. The summed E-state index contributed by atoms with van der Waals surface area (Å²) >= 11 is 0. The highest BCUT2D eigenvalue weighted by atomic mass is 15.2. The Hall–Kier alpha value is -9.77. The first-order valence-corrected chi connectivity index (χ1v) is 32.4. The highest BCUT2D eigenvalue weighted by Crippen LogP contribution is 2.48. The fourth-order valence-electron chi connectivity index (χ4n) is 13.6. The van der Waals surface area contributed by atoms with E-state index >= 15 is 0 Å². The van der Waals surface area contributed by atoms with Crippen LogP contribution in [-0.2, 0) is 21.7 Å². The highest BCUT2D eigenvalue weighted by molar-refractivity contribution is 7.00. The Kier molecular flexibility index (Phi) is 14.6. The van der Waals surface area contributed by atoms with Crippen molar-refractivity contribution in [3.63, 3.8) is 0 Å². The number of rotatable bonds is 9. The predicted molar refractivity (Wildman–Crippen MR) is 391 cm³/mol. The lowest BCUT2D eigenvalue weighted by molar-refractivity contribution is 0.590. The molecule has 0 N–H and O–H groups in total. The van der Waals surface area contributed by atoms with Gasteiger partial charge in [-0.25, -0.2) is 4.98 Å². The Morgan fingerprint density at radius 2 is 0.527 bits per heavy atom. The van der Waals surface area contributed by atoms with Crippen LogP contribution in [0, 0.1) is 0 Å². The van der Waals surface area contributed by atoms with Crippen LogP contribution >= 0.6 is 0 Å². The lowest BCUT2D eigenvalue weighted by Gasteiger charge is -2.44. The number of anilines is 6. The number of hydrogen-bond acceptors (Lipinski definition) is 3. The molecule has 446 valence electrons. The molecule has 0 amide bonds. The molecule has 0 spiro atoms. The van der Waals surface area contributed by atoms with Gasteiger partial charge in [0.15, 0.2) is 0 Å². The van der Waals surface area contributed by atoms with Crippen LogP contribution < -0.4 is 26.2 Å². The van der Waals surface area contributed by atoms with Gasteiger partial charge in [0.05, 0.1) is 11.4 Å². The summed E-state index contributed by atoms with van der Waals surface area (Å²) in [6, 6.07) is 101. The topological polar surface area (TPSA) is 19.4 Å². The quantitative estimate of drug-likeness (QED) is 0.134. The first-order valence-electron chi connectivity index (χ1n) is 32.4. The van der Waals surface area contributed by atoms with Crippen LogP contribution in [-0.4, -0.2) is 11.7 Å². The van der Waals surface area contributed by atoms with Gasteiger partial charge in [-0.15, -0.1) is 0 Å². The Bertz CT molecular complexity index is 4360. The minimum absolute atomic E-state index is 0.0290. The molecule has 2 aliphatic heterocycles. The third-order valence-electron chi connectivity index (χ3n) is 19.0. The van der Waals surface area contributed by atoms with Crippen LogP contribution in [0.15, 0.2) is 267 Å². The molecule has 14 rings (SSSR count). The van der Waals surface area contributed by atoms with Crippen LogP contribution in [0.4, 0.5) is 34.1 Å². The molecule has 91 heavy (non-hydrogen) atoms.